The number of benzene rings is 1. The van der Waals surface area contributed by atoms with Gasteiger partial charge >= 0.3 is 12.1 Å². The molecule has 0 saturated carbocycles. The van der Waals surface area contributed by atoms with Crippen molar-refractivity contribution in [2.45, 2.75) is 24.4 Å². The van der Waals surface area contributed by atoms with E-state index in [1.54, 1.807) is 6.92 Å². The van der Waals surface area contributed by atoms with Crippen molar-refractivity contribution in [3.8, 4) is 6.07 Å². The van der Waals surface area contributed by atoms with Crippen LogP contribution >= 0.6 is 12.6 Å². The second kappa shape index (κ2) is 5.97. The van der Waals surface area contributed by atoms with Gasteiger partial charge in [-0.15, -0.1) is 12.6 Å². The van der Waals surface area contributed by atoms with Crippen LogP contribution in [0.5, 0.6) is 0 Å². The van der Waals surface area contributed by atoms with E-state index < -0.39 is 23.3 Å². The number of alkyl halides is 3. The zero-order valence-corrected chi connectivity index (χ0v) is 10.8. The summed E-state index contributed by atoms with van der Waals surface area (Å²) in [5.41, 5.74) is -1.54. The molecule has 0 N–H and O–H groups in total. The van der Waals surface area contributed by atoms with Crippen molar-refractivity contribution in [2.24, 2.45) is 0 Å². The second-order valence-electron chi connectivity index (χ2n) is 3.63. The first-order valence-electron chi connectivity index (χ1n) is 5.28. The first kappa shape index (κ1) is 15.4. The average Bonchev–Trinajstić information content (AvgIpc) is 2.27. The summed E-state index contributed by atoms with van der Waals surface area (Å²) >= 11 is 3.85. The number of ether oxygens (including phenoxy) is 1. The van der Waals surface area contributed by atoms with Crippen LogP contribution in [0.2, 0.25) is 0 Å². The number of hydrogen-bond donors (Lipinski definition) is 1. The molecule has 0 bridgehead atoms. The molecule has 1 aromatic carbocycles. The predicted molar refractivity (Wildman–Crippen MR) is 63.7 cm³/mol. The monoisotopic (exact) mass is 289 g/mol. The minimum atomic E-state index is -4.67. The van der Waals surface area contributed by atoms with Crippen molar-refractivity contribution < 1.29 is 22.7 Å². The highest BCUT2D eigenvalue weighted by molar-refractivity contribution is 7.80. The molecule has 0 unspecified atom stereocenters. The Hall–Kier alpha value is -1.68. The zero-order chi connectivity index (χ0) is 14.6. The molecule has 0 aliphatic heterocycles. The van der Waals surface area contributed by atoms with E-state index in [-0.39, 0.29) is 23.5 Å². The van der Waals surface area contributed by atoms with Crippen LogP contribution in [0.4, 0.5) is 13.2 Å². The third kappa shape index (κ3) is 3.89. The number of esters is 1. The SMILES string of the molecule is CCOC(=O)Cc1cc(S)c(C#N)c(C(F)(F)F)c1. The van der Waals surface area contributed by atoms with Crippen LogP contribution in [0, 0.1) is 11.3 Å². The van der Waals surface area contributed by atoms with Gasteiger partial charge in [0, 0.05) is 4.90 Å². The van der Waals surface area contributed by atoms with Crippen molar-refractivity contribution in [3.63, 3.8) is 0 Å². The largest absolute Gasteiger partial charge is 0.466 e. The Balaban J connectivity index is 3.21. The number of carbonyl (C=O) groups is 1. The molecule has 0 heterocycles. The Morgan fingerprint density at radius 1 is 1.47 bits per heavy atom. The van der Waals surface area contributed by atoms with Crippen LogP contribution in [0.15, 0.2) is 17.0 Å². The molecule has 0 aliphatic rings. The summed E-state index contributed by atoms with van der Waals surface area (Å²) in [5.74, 6) is -0.631. The average molecular weight is 289 g/mol. The van der Waals surface area contributed by atoms with E-state index in [4.69, 9.17) is 5.26 Å². The fourth-order valence-corrected chi connectivity index (χ4v) is 1.84. The quantitative estimate of drug-likeness (QED) is 0.687. The van der Waals surface area contributed by atoms with E-state index in [0.29, 0.717) is 0 Å². The maximum atomic E-state index is 12.8. The number of hydrogen-bond acceptors (Lipinski definition) is 4. The van der Waals surface area contributed by atoms with E-state index in [0.717, 1.165) is 6.07 Å². The van der Waals surface area contributed by atoms with Gasteiger partial charge in [-0.25, -0.2) is 0 Å². The van der Waals surface area contributed by atoms with Crippen LogP contribution in [0.1, 0.15) is 23.6 Å². The van der Waals surface area contributed by atoms with Crippen molar-refractivity contribution >= 4 is 18.6 Å². The fraction of sp³-hybridized carbons (Fsp3) is 0.333. The first-order chi connectivity index (χ1) is 8.79. The van der Waals surface area contributed by atoms with Gasteiger partial charge in [0.2, 0.25) is 0 Å². The lowest BCUT2D eigenvalue weighted by Crippen LogP contribution is -2.12. The van der Waals surface area contributed by atoms with Gasteiger partial charge in [-0.3, -0.25) is 4.79 Å². The van der Waals surface area contributed by atoms with Crippen LogP contribution in [0.3, 0.4) is 0 Å². The highest BCUT2D eigenvalue weighted by atomic mass is 32.1. The van der Waals surface area contributed by atoms with E-state index in [1.165, 1.54) is 12.1 Å². The maximum absolute atomic E-state index is 12.8. The minimum absolute atomic E-state index is 0.106. The summed E-state index contributed by atoms with van der Waals surface area (Å²) in [6.07, 6.45) is -4.97. The summed E-state index contributed by atoms with van der Waals surface area (Å²) in [7, 11) is 0. The zero-order valence-electron chi connectivity index (χ0n) is 9.91. The molecule has 7 heteroatoms. The molecule has 3 nitrogen and oxygen atoms in total. The van der Waals surface area contributed by atoms with E-state index in [1.807, 2.05) is 0 Å². The van der Waals surface area contributed by atoms with Crippen LogP contribution in [-0.2, 0) is 22.1 Å². The number of thiol groups is 1. The lowest BCUT2D eigenvalue weighted by molar-refractivity contribution is -0.142. The molecule has 0 radical (unpaired) electrons. The first-order valence-corrected chi connectivity index (χ1v) is 5.73. The fourth-order valence-electron chi connectivity index (χ4n) is 1.51. The van der Waals surface area contributed by atoms with Gasteiger partial charge in [0.15, 0.2) is 0 Å². The standard InChI is InChI=1S/C12H10F3NO2S/c1-2-18-11(17)5-7-3-9(12(13,14)15)8(6-16)10(19)4-7/h3-4,19H,2,5H2,1H3. The van der Waals surface area contributed by atoms with Gasteiger partial charge < -0.3 is 4.74 Å². The number of halogens is 3. The summed E-state index contributed by atoms with van der Waals surface area (Å²) in [4.78, 5) is 11.1. The Labute approximate surface area is 113 Å². The van der Waals surface area contributed by atoms with Gasteiger partial charge in [0.25, 0.3) is 0 Å². The van der Waals surface area contributed by atoms with Gasteiger partial charge in [0.05, 0.1) is 24.2 Å². The summed E-state index contributed by atoms with van der Waals surface area (Å²) in [6, 6.07) is 3.49. The van der Waals surface area contributed by atoms with Crippen molar-refractivity contribution in [1.29, 1.82) is 5.26 Å². The summed E-state index contributed by atoms with van der Waals surface area (Å²) in [5, 5.41) is 8.73. The molecule has 0 aliphatic carbocycles. The Kier molecular flexibility index (Phi) is 4.84. The highest BCUT2D eigenvalue weighted by Crippen LogP contribution is 2.35. The molecular weight excluding hydrogens is 279 g/mol. The van der Waals surface area contributed by atoms with Gasteiger partial charge in [-0.2, -0.15) is 18.4 Å². The molecule has 0 aromatic heterocycles. The molecule has 1 aromatic rings. The Morgan fingerprint density at radius 2 is 2.11 bits per heavy atom. The van der Waals surface area contributed by atoms with Crippen molar-refractivity contribution in [2.75, 3.05) is 6.61 Å². The number of carbonyl (C=O) groups excluding carboxylic acids is 1. The van der Waals surface area contributed by atoms with Gasteiger partial charge in [0.1, 0.15) is 6.07 Å². The van der Waals surface area contributed by atoms with Gasteiger partial charge in [-0.1, -0.05) is 0 Å². The van der Waals surface area contributed by atoms with E-state index in [2.05, 4.69) is 17.4 Å². The molecule has 0 fully saturated rings. The molecule has 1 rings (SSSR count). The predicted octanol–water partition coefficient (Wildman–Crippen LogP) is 2.97. The van der Waals surface area contributed by atoms with Crippen LogP contribution in [0.25, 0.3) is 0 Å². The number of rotatable bonds is 3. The Bertz CT molecular complexity index is 535. The highest BCUT2D eigenvalue weighted by Gasteiger charge is 2.35. The lowest BCUT2D eigenvalue weighted by atomic mass is 10.0. The third-order valence-electron chi connectivity index (χ3n) is 2.25. The lowest BCUT2D eigenvalue weighted by Gasteiger charge is -2.12. The minimum Gasteiger partial charge on any atom is -0.466 e. The second-order valence-corrected chi connectivity index (χ2v) is 4.11. The molecule has 0 amide bonds. The van der Waals surface area contributed by atoms with Crippen molar-refractivity contribution in [1.82, 2.24) is 0 Å². The molecular formula is C12H10F3NO2S. The topological polar surface area (TPSA) is 50.1 Å². The molecule has 102 valence electrons. The molecule has 0 atom stereocenters. The van der Waals surface area contributed by atoms with E-state index in [9.17, 15) is 18.0 Å². The summed E-state index contributed by atoms with van der Waals surface area (Å²) < 4.78 is 43.0. The smallest absolute Gasteiger partial charge is 0.417 e. The number of nitrogens with zero attached hydrogens (tertiary/aromatic N) is 1. The molecule has 0 saturated heterocycles. The normalized spacial score (nSPS) is 10.9. The van der Waals surface area contributed by atoms with Crippen molar-refractivity contribution in [3.05, 3.63) is 28.8 Å². The summed E-state index contributed by atoms with van der Waals surface area (Å²) in [6.45, 7) is 1.75. The van der Waals surface area contributed by atoms with Gasteiger partial charge in [-0.05, 0) is 24.6 Å². The van der Waals surface area contributed by atoms with Crippen LogP contribution < -0.4 is 0 Å². The van der Waals surface area contributed by atoms with E-state index >= 15 is 0 Å². The Morgan fingerprint density at radius 3 is 2.58 bits per heavy atom. The van der Waals surface area contributed by atoms with Crippen LogP contribution in [-0.4, -0.2) is 12.6 Å². The molecule has 19 heavy (non-hydrogen) atoms. The number of nitriles is 1. The molecule has 0 spiro atoms. The third-order valence-corrected chi connectivity index (χ3v) is 2.60. The maximum Gasteiger partial charge on any atom is 0.417 e.